The maximum Gasteiger partial charge on any atom is 0.306 e. The summed E-state index contributed by atoms with van der Waals surface area (Å²) in [5.74, 6) is -0.958. The third-order valence-corrected chi connectivity index (χ3v) is 13.0. The lowest BCUT2D eigenvalue weighted by molar-refractivity contribution is -0.167. The van der Waals surface area contributed by atoms with E-state index in [0.29, 0.717) is 19.3 Å². The summed E-state index contributed by atoms with van der Waals surface area (Å²) in [5, 5.41) is 0. The highest BCUT2D eigenvalue weighted by Crippen LogP contribution is 2.15. The van der Waals surface area contributed by atoms with Crippen LogP contribution >= 0.6 is 0 Å². The van der Waals surface area contributed by atoms with E-state index in [1.165, 1.54) is 167 Å². The minimum absolute atomic E-state index is 0.0984. The van der Waals surface area contributed by atoms with Crippen molar-refractivity contribution >= 4 is 17.9 Å². The van der Waals surface area contributed by atoms with Gasteiger partial charge in [0.15, 0.2) is 6.10 Å². The third kappa shape index (κ3) is 59.1. The Morgan fingerprint density at radius 1 is 0.274 bits per heavy atom. The van der Waals surface area contributed by atoms with E-state index in [-0.39, 0.29) is 37.5 Å². The Balaban J connectivity index is 4.47. The zero-order chi connectivity index (χ0) is 52.9. The van der Waals surface area contributed by atoms with Crippen molar-refractivity contribution in [3.05, 3.63) is 97.2 Å². The van der Waals surface area contributed by atoms with Crippen molar-refractivity contribution in [2.45, 2.75) is 297 Å². The van der Waals surface area contributed by atoms with E-state index in [4.69, 9.17) is 14.2 Å². The molecule has 73 heavy (non-hydrogen) atoms. The van der Waals surface area contributed by atoms with Crippen LogP contribution in [-0.4, -0.2) is 37.2 Å². The van der Waals surface area contributed by atoms with Crippen molar-refractivity contribution in [2.75, 3.05) is 13.2 Å². The van der Waals surface area contributed by atoms with Gasteiger partial charge in [-0.3, -0.25) is 14.4 Å². The number of rotatable bonds is 55. The first-order chi connectivity index (χ1) is 36.0. The Morgan fingerprint density at radius 2 is 0.507 bits per heavy atom. The summed E-state index contributed by atoms with van der Waals surface area (Å²) in [6.07, 6.45) is 81.1. The van der Waals surface area contributed by atoms with Gasteiger partial charge in [-0.1, -0.05) is 246 Å². The molecule has 0 saturated carbocycles. The van der Waals surface area contributed by atoms with Gasteiger partial charge in [0.25, 0.3) is 0 Å². The van der Waals surface area contributed by atoms with Gasteiger partial charge in [-0.05, 0) is 122 Å². The van der Waals surface area contributed by atoms with Crippen LogP contribution in [0.2, 0.25) is 0 Å². The molecule has 6 heteroatoms. The maximum absolute atomic E-state index is 12.9. The van der Waals surface area contributed by atoms with Crippen LogP contribution in [0.1, 0.15) is 290 Å². The lowest BCUT2D eigenvalue weighted by atomic mass is 10.1. The van der Waals surface area contributed by atoms with Gasteiger partial charge in [0.1, 0.15) is 13.2 Å². The molecule has 0 aromatic carbocycles. The van der Waals surface area contributed by atoms with Gasteiger partial charge in [-0.15, -0.1) is 0 Å². The first-order valence-corrected chi connectivity index (χ1v) is 30.7. The zero-order valence-electron chi connectivity index (χ0n) is 47.9. The van der Waals surface area contributed by atoms with E-state index in [1.807, 2.05) is 0 Å². The smallest absolute Gasteiger partial charge is 0.306 e. The highest BCUT2D eigenvalue weighted by atomic mass is 16.6. The summed E-state index contributed by atoms with van der Waals surface area (Å²) in [5.41, 5.74) is 0. The van der Waals surface area contributed by atoms with Gasteiger partial charge in [0.05, 0.1) is 0 Å². The molecule has 418 valence electrons. The van der Waals surface area contributed by atoms with Crippen molar-refractivity contribution in [3.63, 3.8) is 0 Å². The number of allylic oxidation sites excluding steroid dienone is 16. The number of hydrogen-bond acceptors (Lipinski definition) is 6. The van der Waals surface area contributed by atoms with Gasteiger partial charge in [-0.2, -0.15) is 0 Å². The molecule has 0 saturated heterocycles. The molecule has 0 amide bonds. The topological polar surface area (TPSA) is 78.9 Å². The van der Waals surface area contributed by atoms with Crippen LogP contribution in [0.25, 0.3) is 0 Å². The van der Waals surface area contributed by atoms with E-state index in [9.17, 15) is 14.4 Å². The van der Waals surface area contributed by atoms with Crippen molar-refractivity contribution in [1.29, 1.82) is 0 Å². The highest BCUT2D eigenvalue weighted by molar-refractivity contribution is 5.71. The molecule has 0 aromatic heterocycles. The summed E-state index contributed by atoms with van der Waals surface area (Å²) in [6, 6.07) is 0. The van der Waals surface area contributed by atoms with Crippen LogP contribution < -0.4 is 0 Å². The largest absolute Gasteiger partial charge is 0.462 e. The lowest BCUT2D eigenvalue weighted by Gasteiger charge is -2.18. The van der Waals surface area contributed by atoms with Gasteiger partial charge in [0, 0.05) is 19.3 Å². The Labute approximate surface area is 451 Å². The van der Waals surface area contributed by atoms with Crippen LogP contribution in [-0.2, 0) is 28.6 Å². The number of carbonyl (C=O) groups is 3. The first-order valence-electron chi connectivity index (χ1n) is 30.7. The van der Waals surface area contributed by atoms with Crippen molar-refractivity contribution in [1.82, 2.24) is 0 Å². The molecule has 0 aromatic rings. The van der Waals surface area contributed by atoms with Crippen LogP contribution in [0.5, 0.6) is 0 Å². The lowest BCUT2D eigenvalue weighted by Crippen LogP contribution is -2.30. The molecule has 0 rings (SSSR count). The Hall–Kier alpha value is -3.67. The molecule has 0 N–H and O–H groups in total. The van der Waals surface area contributed by atoms with Crippen molar-refractivity contribution in [3.8, 4) is 0 Å². The van der Waals surface area contributed by atoms with Crippen LogP contribution in [0.15, 0.2) is 97.2 Å². The summed E-state index contributed by atoms with van der Waals surface area (Å²) >= 11 is 0. The SMILES string of the molecule is CCCCC/C=C\C/C=C\C/C=C\C/C=C\CCCC(=O)OC[C@@H](COC(=O)CCCCCCCCCCC/C=C\C/C=C\CCCCC)OC(=O)CCCCCCCCCCC/C=C\C/C=C\CCCCC. The van der Waals surface area contributed by atoms with Crippen molar-refractivity contribution < 1.29 is 28.6 Å². The number of hydrogen-bond donors (Lipinski definition) is 0. The Kier molecular flexibility index (Phi) is 57.8. The number of unbranched alkanes of at least 4 members (excludes halogenated alkanes) is 28. The van der Waals surface area contributed by atoms with E-state index in [0.717, 1.165) is 77.0 Å². The summed E-state index contributed by atoms with van der Waals surface area (Å²) in [6.45, 7) is 6.53. The van der Waals surface area contributed by atoms with Gasteiger partial charge >= 0.3 is 17.9 Å². The van der Waals surface area contributed by atoms with Crippen LogP contribution in [0.3, 0.4) is 0 Å². The minimum atomic E-state index is -0.806. The predicted octanol–water partition coefficient (Wildman–Crippen LogP) is 20.9. The molecule has 6 nitrogen and oxygen atoms in total. The molecule has 0 spiro atoms. The molecule has 1 atom stereocenters. The molecule has 0 unspecified atom stereocenters. The second-order valence-corrected chi connectivity index (χ2v) is 20.2. The first kappa shape index (κ1) is 69.3. The molecule has 0 bridgehead atoms. The molecule has 0 heterocycles. The van der Waals surface area contributed by atoms with Crippen LogP contribution in [0.4, 0.5) is 0 Å². The van der Waals surface area contributed by atoms with Crippen LogP contribution in [0, 0.1) is 0 Å². The highest BCUT2D eigenvalue weighted by Gasteiger charge is 2.19. The fourth-order valence-corrected chi connectivity index (χ4v) is 8.38. The van der Waals surface area contributed by atoms with E-state index >= 15 is 0 Å². The molecule has 0 aliphatic carbocycles. The number of esters is 3. The third-order valence-electron chi connectivity index (χ3n) is 13.0. The summed E-state index contributed by atoms with van der Waals surface area (Å²) < 4.78 is 16.9. The van der Waals surface area contributed by atoms with Gasteiger partial charge in [-0.25, -0.2) is 0 Å². The molecular formula is C67H114O6. The normalized spacial score (nSPS) is 12.8. The second kappa shape index (κ2) is 60.9. The fourth-order valence-electron chi connectivity index (χ4n) is 8.38. The monoisotopic (exact) mass is 1010 g/mol. The molecule has 0 fully saturated rings. The fraction of sp³-hybridized carbons (Fsp3) is 0.716. The molecule has 0 aliphatic heterocycles. The number of ether oxygens (including phenoxy) is 3. The average Bonchev–Trinajstić information content (AvgIpc) is 3.39. The summed E-state index contributed by atoms with van der Waals surface area (Å²) in [4.78, 5) is 38.3. The molecular weight excluding hydrogens is 901 g/mol. The standard InChI is InChI=1S/C67H114O6/c1-4-7-10-13-16-19-22-25-28-31-33-36-39-42-45-48-51-54-57-60-66(69)72-63-64(62-71-65(68)59-56-53-50-47-44-41-38-35-30-27-24-21-18-15-12-9-6-3)73-67(70)61-58-55-52-49-46-43-40-37-34-32-29-26-23-20-17-14-11-8-5-2/h16-21,25-30,38,41,47,50,64H,4-15,22-24,31-37,39-40,42-46,48-49,51-63H2,1-3H3/b19-16-,20-17-,21-18-,28-25-,29-26-,30-27-,41-38-,50-47-/t64-/m0/s1. The predicted molar refractivity (Wildman–Crippen MR) is 316 cm³/mol. The van der Waals surface area contributed by atoms with E-state index < -0.39 is 6.10 Å². The quantitative estimate of drug-likeness (QED) is 0.0261. The van der Waals surface area contributed by atoms with Gasteiger partial charge < -0.3 is 14.2 Å². The summed E-state index contributed by atoms with van der Waals surface area (Å²) in [7, 11) is 0. The Morgan fingerprint density at radius 3 is 0.822 bits per heavy atom. The number of carbonyl (C=O) groups excluding carboxylic acids is 3. The Bertz CT molecular complexity index is 1440. The minimum Gasteiger partial charge on any atom is -0.462 e. The molecule has 0 aliphatic rings. The second-order valence-electron chi connectivity index (χ2n) is 20.2. The van der Waals surface area contributed by atoms with E-state index in [1.54, 1.807) is 0 Å². The molecule has 0 radical (unpaired) electrons. The van der Waals surface area contributed by atoms with E-state index in [2.05, 4.69) is 118 Å². The zero-order valence-corrected chi connectivity index (χ0v) is 47.9. The average molecular weight is 1020 g/mol. The maximum atomic E-state index is 12.9. The van der Waals surface area contributed by atoms with Crippen molar-refractivity contribution in [2.24, 2.45) is 0 Å². The van der Waals surface area contributed by atoms with Gasteiger partial charge in [0.2, 0.25) is 0 Å².